The summed E-state index contributed by atoms with van der Waals surface area (Å²) >= 11 is 0. The maximum Gasteiger partial charge on any atom is 0.178 e. The summed E-state index contributed by atoms with van der Waals surface area (Å²) < 4.78 is 14.0. The molecule has 0 saturated heterocycles. The highest BCUT2D eigenvalue weighted by molar-refractivity contribution is 6.21. The van der Waals surface area contributed by atoms with Gasteiger partial charge in [0.05, 0.1) is 0 Å². The molecular formula is C78H56N2O2. The van der Waals surface area contributed by atoms with Crippen molar-refractivity contribution < 1.29 is 8.83 Å². The van der Waals surface area contributed by atoms with E-state index in [0.717, 1.165) is 99.5 Å². The minimum atomic E-state index is 0.751. The molecule has 13 aromatic carbocycles. The van der Waals surface area contributed by atoms with Crippen molar-refractivity contribution >= 4 is 99.5 Å². The van der Waals surface area contributed by atoms with Gasteiger partial charge in [0.1, 0.15) is 11.2 Å². The van der Waals surface area contributed by atoms with E-state index in [0.29, 0.717) is 0 Å². The van der Waals surface area contributed by atoms with Gasteiger partial charge >= 0.3 is 0 Å². The van der Waals surface area contributed by atoms with E-state index in [2.05, 4.69) is 304 Å². The van der Waals surface area contributed by atoms with Crippen molar-refractivity contribution in [1.29, 1.82) is 0 Å². The van der Waals surface area contributed by atoms with Crippen molar-refractivity contribution in [3.8, 4) is 44.5 Å². The molecule has 0 bridgehead atoms. The second kappa shape index (κ2) is 19.7. The highest BCUT2D eigenvalue weighted by Gasteiger charge is 2.23. The molecule has 390 valence electrons. The molecule has 0 unspecified atom stereocenters. The highest BCUT2D eigenvalue weighted by atomic mass is 16.4. The maximum absolute atomic E-state index is 6.98. The van der Waals surface area contributed by atoms with Gasteiger partial charge in [-0.05, 0) is 201 Å². The number of anilines is 6. The van der Waals surface area contributed by atoms with Crippen LogP contribution in [0.3, 0.4) is 0 Å². The third-order valence-electron chi connectivity index (χ3n) is 16.7. The van der Waals surface area contributed by atoms with Crippen LogP contribution in [0.1, 0.15) is 22.3 Å². The molecule has 0 radical (unpaired) electrons. The van der Waals surface area contributed by atoms with Crippen LogP contribution in [-0.4, -0.2) is 0 Å². The number of rotatable bonds is 10. The lowest BCUT2D eigenvalue weighted by molar-refractivity contribution is 0.634. The predicted octanol–water partition coefficient (Wildman–Crippen LogP) is 22.6. The number of hydrogen-bond donors (Lipinski definition) is 0. The smallest absolute Gasteiger partial charge is 0.178 e. The van der Waals surface area contributed by atoms with Crippen molar-refractivity contribution in [1.82, 2.24) is 0 Å². The molecule has 2 heterocycles. The molecule has 2 aromatic heterocycles. The molecule has 0 N–H and O–H groups in total. The van der Waals surface area contributed by atoms with E-state index in [-0.39, 0.29) is 0 Å². The molecule has 0 saturated carbocycles. The lowest BCUT2D eigenvalue weighted by Crippen LogP contribution is -2.13. The molecule has 4 nitrogen and oxygen atoms in total. The van der Waals surface area contributed by atoms with Crippen molar-refractivity contribution in [2.75, 3.05) is 9.80 Å². The molecule has 0 fully saturated rings. The Morgan fingerprint density at radius 1 is 0.232 bits per heavy atom. The molecule has 0 atom stereocenters. The Morgan fingerprint density at radius 3 is 0.841 bits per heavy atom. The Bertz CT molecular complexity index is 4470. The first-order valence-electron chi connectivity index (χ1n) is 28.2. The fourth-order valence-electron chi connectivity index (χ4n) is 12.3. The van der Waals surface area contributed by atoms with Gasteiger partial charge in [0.15, 0.2) is 11.2 Å². The lowest BCUT2D eigenvalue weighted by atomic mass is 9.98. The van der Waals surface area contributed by atoms with E-state index in [1.165, 1.54) is 66.8 Å². The monoisotopic (exact) mass is 1050 g/mol. The number of aryl methyl sites for hydroxylation is 4. The molecule has 0 spiro atoms. The number of fused-ring (bicyclic) bond motifs is 9. The van der Waals surface area contributed by atoms with Gasteiger partial charge < -0.3 is 18.6 Å². The van der Waals surface area contributed by atoms with E-state index in [4.69, 9.17) is 8.83 Å². The zero-order chi connectivity index (χ0) is 55.0. The molecule has 4 heteroatoms. The average Bonchev–Trinajstić information content (AvgIpc) is 4.10. The first kappa shape index (κ1) is 48.7. The summed E-state index contributed by atoms with van der Waals surface area (Å²) in [5, 5.41) is 8.61. The zero-order valence-corrected chi connectivity index (χ0v) is 46.1. The van der Waals surface area contributed by atoms with Gasteiger partial charge in [0.25, 0.3) is 0 Å². The standard InChI is InChI=1S/C78H56N2O2/c1-49-25-29-59(53-17-9-5-10-18-53)43-71(49)79(72-44-60(30-26-50(72)2)54-19-11-6-12-20-54)65-35-33-57-41-69-67-37-38-68-70-42-58-34-36-66(40-64(58)48-76(70)82-78(68)77(67)81-75(69)47-63(57)39-65)80(73-45-61(31-27-51(73)3)55-21-13-7-14-22-55)74-46-62(32-28-52(74)4)56-23-15-8-16-24-56/h5-48H,1-4H3. The third-order valence-corrected chi connectivity index (χ3v) is 16.7. The van der Waals surface area contributed by atoms with Crippen LogP contribution < -0.4 is 9.80 Å². The maximum atomic E-state index is 6.98. The van der Waals surface area contributed by atoms with Crippen molar-refractivity contribution in [2.24, 2.45) is 0 Å². The Balaban J connectivity index is 0.852. The zero-order valence-electron chi connectivity index (χ0n) is 46.1. The Hall–Kier alpha value is -10.4. The number of hydrogen-bond acceptors (Lipinski definition) is 4. The quantitative estimate of drug-likeness (QED) is 0.137. The SMILES string of the molecule is Cc1ccc(-c2ccccc2)cc1N(c1ccc2cc3c(cc2c1)oc1c3ccc2c3cc4ccc(N(c5cc(-c6ccccc6)ccc5C)c5cc(-c6ccccc6)ccc5C)cc4cc3oc21)c1cc(-c2ccccc2)ccc1C. The van der Waals surface area contributed by atoms with Crippen LogP contribution in [0.2, 0.25) is 0 Å². The first-order chi connectivity index (χ1) is 40.3. The van der Waals surface area contributed by atoms with E-state index >= 15 is 0 Å². The van der Waals surface area contributed by atoms with Crippen LogP contribution in [0.5, 0.6) is 0 Å². The van der Waals surface area contributed by atoms with Crippen LogP contribution in [0, 0.1) is 27.7 Å². The number of furan rings is 2. The van der Waals surface area contributed by atoms with Crippen LogP contribution >= 0.6 is 0 Å². The Labute approximate surface area is 477 Å². The normalized spacial score (nSPS) is 11.7. The van der Waals surface area contributed by atoms with Gasteiger partial charge in [-0.3, -0.25) is 0 Å². The van der Waals surface area contributed by atoms with Crippen molar-refractivity contribution in [3.63, 3.8) is 0 Å². The summed E-state index contributed by atoms with van der Waals surface area (Å²) in [5.41, 5.74) is 23.9. The highest BCUT2D eigenvalue weighted by Crippen LogP contribution is 2.47. The van der Waals surface area contributed by atoms with Gasteiger partial charge in [-0.1, -0.05) is 182 Å². The van der Waals surface area contributed by atoms with Crippen molar-refractivity contribution in [3.05, 3.63) is 289 Å². The van der Waals surface area contributed by atoms with E-state index < -0.39 is 0 Å². The summed E-state index contributed by atoms with van der Waals surface area (Å²) in [7, 11) is 0. The van der Waals surface area contributed by atoms with Gasteiger partial charge in [-0.2, -0.15) is 0 Å². The van der Waals surface area contributed by atoms with Gasteiger partial charge in [0.2, 0.25) is 0 Å². The third kappa shape index (κ3) is 8.47. The predicted molar refractivity (Wildman–Crippen MR) is 346 cm³/mol. The topological polar surface area (TPSA) is 32.8 Å². The second-order valence-corrected chi connectivity index (χ2v) is 21.9. The first-order valence-corrected chi connectivity index (χ1v) is 28.2. The summed E-state index contributed by atoms with van der Waals surface area (Å²) in [6.45, 7) is 8.84. The van der Waals surface area contributed by atoms with Crippen LogP contribution in [-0.2, 0) is 0 Å². The second-order valence-electron chi connectivity index (χ2n) is 21.9. The van der Waals surface area contributed by atoms with Crippen molar-refractivity contribution in [2.45, 2.75) is 27.7 Å². The van der Waals surface area contributed by atoms with E-state index in [9.17, 15) is 0 Å². The van der Waals surface area contributed by atoms with E-state index in [1.807, 2.05) is 0 Å². The fourth-order valence-corrected chi connectivity index (χ4v) is 12.3. The van der Waals surface area contributed by atoms with E-state index in [1.54, 1.807) is 0 Å². The minimum absolute atomic E-state index is 0.751. The molecule has 82 heavy (non-hydrogen) atoms. The molecule has 0 amide bonds. The van der Waals surface area contributed by atoms with Gasteiger partial charge in [-0.25, -0.2) is 0 Å². The Kier molecular flexibility index (Phi) is 11.7. The summed E-state index contributed by atoms with van der Waals surface area (Å²) in [6.07, 6.45) is 0. The molecule has 15 rings (SSSR count). The molecule has 0 aliphatic carbocycles. The molecule has 0 aliphatic heterocycles. The van der Waals surface area contributed by atoms with Gasteiger partial charge in [0, 0.05) is 55.7 Å². The molecular weight excluding hydrogens is 997 g/mol. The average molecular weight is 1050 g/mol. The summed E-state index contributed by atoms with van der Waals surface area (Å²) in [6, 6.07) is 96.8. The summed E-state index contributed by atoms with van der Waals surface area (Å²) in [4.78, 5) is 4.87. The number of nitrogens with zero attached hydrogens (tertiary/aromatic N) is 2. The lowest BCUT2D eigenvalue weighted by Gasteiger charge is -2.30. The number of benzene rings is 13. The van der Waals surface area contributed by atoms with Crippen LogP contribution in [0.15, 0.2) is 276 Å². The fraction of sp³-hybridized carbons (Fsp3) is 0.0513. The molecule has 0 aliphatic rings. The summed E-state index contributed by atoms with van der Waals surface area (Å²) in [5.74, 6) is 0. The van der Waals surface area contributed by atoms with Crippen LogP contribution in [0.4, 0.5) is 34.1 Å². The largest absolute Gasteiger partial charge is 0.452 e. The van der Waals surface area contributed by atoms with Crippen LogP contribution in [0.25, 0.3) is 110 Å². The van der Waals surface area contributed by atoms with Gasteiger partial charge in [-0.15, -0.1) is 0 Å². The minimum Gasteiger partial charge on any atom is -0.452 e. The molecule has 15 aromatic rings. The Morgan fingerprint density at radius 2 is 0.537 bits per heavy atom.